The number of sulfonamides is 1. The van der Waals surface area contributed by atoms with E-state index in [9.17, 15) is 8.42 Å². The van der Waals surface area contributed by atoms with Crippen molar-refractivity contribution >= 4 is 21.6 Å². The molecule has 0 aliphatic carbocycles. The lowest BCUT2D eigenvalue weighted by Crippen LogP contribution is -2.54. The average molecular weight is 283 g/mol. The second kappa shape index (κ2) is 6.92. The minimum Gasteiger partial charge on any atom is -0.225 e. The van der Waals surface area contributed by atoms with Crippen molar-refractivity contribution < 1.29 is 8.42 Å². The second-order valence-electron chi connectivity index (χ2n) is 4.84. The van der Waals surface area contributed by atoms with Crippen LogP contribution in [-0.2, 0) is 10.0 Å². The van der Waals surface area contributed by atoms with Gasteiger partial charge in [-0.1, -0.05) is 6.42 Å². The molecule has 6 heteroatoms. The molecule has 1 aliphatic rings. The zero-order chi connectivity index (χ0) is 12.9. The van der Waals surface area contributed by atoms with Crippen LogP contribution in [-0.4, -0.2) is 37.1 Å². The molecule has 2 unspecified atom stereocenters. The van der Waals surface area contributed by atoms with Crippen molar-refractivity contribution in [3.05, 3.63) is 0 Å². The van der Waals surface area contributed by atoms with Gasteiger partial charge in [-0.25, -0.2) is 13.4 Å². The van der Waals surface area contributed by atoms with Crippen molar-refractivity contribution in [2.24, 2.45) is 0 Å². The van der Waals surface area contributed by atoms with Crippen LogP contribution in [0.1, 0.15) is 46.0 Å². The molecule has 4 nitrogen and oxygen atoms in total. The minimum atomic E-state index is -3.20. The summed E-state index contributed by atoms with van der Waals surface area (Å²) in [4.78, 5) is 2.72. The van der Waals surface area contributed by atoms with Crippen molar-refractivity contribution in [1.29, 1.82) is 0 Å². The van der Waals surface area contributed by atoms with Crippen molar-refractivity contribution in [1.82, 2.24) is 9.84 Å². The summed E-state index contributed by atoms with van der Waals surface area (Å²) in [6.45, 7) is 4.13. The summed E-state index contributed by atoms with van der Waals surface area (Å²) in [6.07, 6.45) is 4.64. The van der Waals surface area contributed by atoms with Gasteiger partial charge in [-0.3, -0.25) is 0 Å². The quantitative estimate of drug-likeness (QED) is 0.600. The largest absolute Gasteiger partial charge is 0.225 e. The van der Waals surface area contributed by atoms with E-state index in [1.807, 2.05) is 5.01 Å². The Morgan fingerprint density at radius 2 is 1.82 bits per heavy atom. The normalized spacial score (nSPS) is 27.2. The zero-order valence-corrected chi connectivity index (χ0v) is 12.2. The average Bonchev–Trinajstić information content (AvgIpc) is 2.24. The van der Waals surface area contributed by atoms with Gasteiger partial charge in [0.25, 0.3) is 0 Å². The molecule has 1 fully saturated rings. The molecular weight excluding hydrogens is 260 g/mol. The molecule has 17 heavy (non-hydrogen) atoms. The van der Waals surface area contributed by atoms with E-state index in [0.717, 1.165) is 19.3 Å². The predicted molar refractivity (Wildman–Crippen MR) is 71.5 cm³/mol. The monoisotopic (exact) mass is 282 g/mol. The Balaban J connectivity index is 2.50. The number of unbranched alkanes of at least 4 members (excludes halogenated alkanes) is 1. The summed E-state index contributed by atoms with van der Waals surface area (Å²) >= 11 is 5.54. The van der Waals surface area contributed by atoms with Gasteiger partial charge in [0, 0.05) is 18.0 Å². The van der Waals surface area contributed by atoms with Gasteiger partial charge in [0.15, 0.2) is 0 Å². The third-order valence-corrected chi connectivity index (χ3v) is 4.82. The first-order valence-corrected chi connectivity index (χ1v) is 8.49. The third kappa shape index (κ3) is 5.12. The van der Waals surface area contributed by atoms with Gasteiger partial charge >= 0.3 is 0 Å². The lowest BCUT2D eigenvalue weighted by atomic mass is 10.0. The molecular formula is C11H23ClN2O2S. The molecule has 0 aromatic carbocycles. The van der Waals surface area contributed by atoms with Crippen LogP contribution in [0.3, 0.4) is 0 Å². The van der Waals surface area contributed by atoms with Crippen LogP contribution in [0.15, 0.2) is 0 Å². The molecule has 0 radical (unpaired) electrons. The highest BCUT2D eigenvalue weighted by Gasteiger charge is 2.27. The Labute approximate surface area is 110 Å². The van der Waals surface area contributed by atoms with Crippen LogP contribution in [0.2, 0.25) is 0 Å². The molecule has 0 aromatic rings. The van der Waals surface area contributed by atoms with E-state index in [2.05, 4.69) is 18.7 Å². The number of piperidine rings is 1. The highest BCUT2D eigenvalue weighted by Crippen LogP contribution is 2.20. The number of hydrogen-bond acceptors (Lipinski definition) is 3. The lowest BCUT2D eigenvalue weighted by molar-refractivity contribution is 0.0790. The van der Waals surface area contributed by atoms with Crippen molar-refractivity contribution in [2.75, 3.05) is 11.6 Å². The van der Waals surface area contributed by atoms with Crippen molar-refractivity contribution in [3.63, 3.8) is 0 Å². The Morgan fingerprint density at radius 1 is 1.24 bits per heavy atom. The Hall–Kier alpha value is 0.160. The lowest BCUT2D eigenvalue weighted by Gasteiger charge is -2.38. The molecule has 0 amide bonds. The predicted octanol–water partition coefficient (Wildman–Crippen LogP) is 2.10. The Kier molecular flexibility index (Phi) is 6.20. The summed E-state index contributed by atoms with van der Waals surface area (Å²) in [5, 5.41) is 1.89. The first kappa shape index (κ1) is 15.2. The molecule has 0 saturated carbocycles. The van der Waals surface area contributed by atoms with Gasteiger partial charge in [0.1, 0.15) is 0 Å². The van der Waals surface area contributed by atoms with E-state index in [4.69, 9.17) is 11.6 Å². The standard InChI is InChI=1S/C11H23ClN2O2S/c1-10-6-5-7-11(2)14(10)13-17(15,16)9-4-3-8-12/h10-11,13H,3-9H2,1-2H3. The van der Waals surface area contributed by atoms with E-state index >= 15 is 0 Å². The minimum absolute atomic E-state index is 0.162. The van der Waals surface area contributed by atoms with Crippen LogP contribution >= 0.6 is 11.6 Å². The van der Waals surface area contributed by atoms with Gasteiger partial charge in [0.05, 0.1) is 5.75 Å². The molecule has 102 valence electrons. The molecule has 1 saturated heterocycles. The molecule has 2 atom stereocenters. The van der Waals surface area contributed by atoms with Crippen molar-refractivity contribution in [2.45, 2.75) is 58.0 Å². The maximum atomic E-state index is 11.9. The molecule has 1 N–H and O–H groups in total. The zero-order valence-electron chi connectivity index (χ0n) is 10.7. The van der Waals surface area contributed by atoms with Crippen LogP contribution in [0.25, 0.3) is 0 Å². The molecule has 0 spiro atoms. The first-order chi connectivity index (χ1) is 7.96. The van der Waals surface area contributed by atoms with Crippen molar-refractivity contribution in [3.8, 4) is 0 Å². The topological polar surface area (TPSA) is 49.4 Å². The van der Waals surface area contributed by atoms with E-state index in [-0.39, 0.29) is 17.8 Å². The van der Waals surface area contributed by atoms with Gasteiger partial charge in [-0.05, 0) is 39.5 Å². The summed E-state index contributed by atoms with van der Waals surface area (Å²) in [5.41, 5.74) is 0. The fourth-order valence-electron chi connectivity index (χ4n) is 2.19. The SMILES string of the molecule is CC1CCCC(C)N1NS(=O)(=O)CCCCCl. The number of hydrogen-bond donors (Lipinski definition) is 1. The molecule has 1 rings (SSSR count). The summed E-state index contributed by atoms with van der Waals surface area (Å²) < 4.78 is 23.7. The first-order valence-electron chi connectivity index (χ1n) is 6.30. The Morgan fingerprint density at radius 3 is 2.35 bits per heavy atom. The van der Waals surface area contributed by atoms with Gasteiger partial charge in [-0.15, -0.1) is 16.4 Å². The molecule has 0 aromatic heterocycles. The van der Waals surface area contributed by atoms with E-state index in [1.54, 1.807) is 0 Å². The van der Waals surface area contributed by atoms with E-state index < -0.39 is 10.0 Å². The number of nitrogens with one attached hydrogen (secondary N) is 1. The second-order valence-corrected chi connectivity index (χ2v) is 7.04. The smallest absolute Gasteiger partial charge is 0.224 e. The number of halogens is 1. The fourth-order valence-corrected chi connectivity index (χ4v) is 3.74. The summed E-state index contributed by atoms with van der Waals surface area (Å²) in [6, 6.07) is 0.558. The molecule has 1 heterocycles. The highest BCUT2D eigenvalue weighted by atomic mass is 35.5. The third-order valence-electron chi connectivity index (χ3n) is 3.23. The summed E-state index contributed by atoms with van der Waals surface area (Å²) in [5.74, 6) is 0.682. The number of alkyl halides is 1. The van der Waals surface area contributed by atoms with Crippen LogP contribution < -0.4 is 4.83 Å². The van der Waals surface area contributed by atoms with E-state index in [1.165, 1.54) is 6.42 Å². The number of hydrazine groups is 1. The van der Waals surface area contributed by atoms with Crippen LogP contribution in [0.4, 0.5) is 0 Å². The van der Waals surface area contributed by atoms with Crippen LogP contribution in [0.5, 0.6) is 0 Å². The number of rotatable bonds is 6. The fraction of sp³-hybridized carbons (Fsp3) is 1.00. The van der Waals surface area contributed by atoms with Gasteiger partial charge in [-0.2, -0.15) is 0 Å². The van der Waals surface area contributed by atoms with E-state index in [0.29, 0.717) is 12.3 Å². The number of nitrogens with zero attached hydrogens (tertiary/aromatic N) is 1. The molecule has 1 aliphatic heterocycles. The highest BCUT2D eigenvalue weighted by molar-refractivity contribution is 7.89. The molecule has 0 bridgehead atoms. The van der Waals surface area contributed by atoms with Gasteiger partial charge in [0.2, 0.25) is 10.0 Å². The maximum Gasteiger partial charge on any atom is 0.224 e. The maximum absolute atomic E-state index is 11.9. The van der Waals surface area contributed by atoms with Gasteiger partial charge < -0.3 is 0 Å². The summed E-state index contributed by atoms with van der Waals surface area (Å²) in [7, 11) is -3.20. The van der Waals surface area contributed by atoms with Crippen LogP contribution in [0, 0.1) is 0 Å². The Bertz CT molecular complexity index is 311.